The van der Waals surface area contributed by atoms with Gasteiger partial charge in [-0.3, -0.25) is 0 Å². The number of carboxylic acid groups (broad SMARTS) is 2. The van der Waals surface area contributed by atoms with E-state index in [1.165, 1.54) is 0 Å². The third-order valence-electron chi connectivity index (χ3n) is 0.805. The molecule has 6 N–H and O–H groups in total. The van der Waals surface area contributed by atoms with Gasteiger partial charge in [-0.25, -0.2) is 9.59 Å². The molecular weight excluding hydrogens is 224 g/mol. The number of carboxylic acids is 2. The van der Waals surface area contributed by atoms with Crippen molar-refractivity contribution in [1.29, 1.82) is 0 Å². The van der Waals surface area contributed by atoms with Crippen molar-refractivity contribution >= 4 is 11.9 Å². The fourth-order valence-electron chi connectivity index (χ4n) is 0.270. The van der Waals surface area contributed by atoms with Crippen LogP contribution in [-0.4, -0.2) is 68.0 Å². The molecule has 8 heteroatoms. The maximum absolute atomic E-state index is 9.77. The van der Waals surface area contributed by atoms with Gasteiger partial charge >= 0.3 is 11.9 Å². The molecule has 0 spiro atoms. The van der Waals surface area contributed by atoms with Gasteiger partial charge in [-0.05, 0) is 13.8 Å². The van der Waals surface area contributed by atoms with E-state index >= 15 is 0 Å². The minimum Gasteiger partial charge on any atom is -0.479 e. The summed E-state index contributed by atoms with van der Waals surface area (Å²) in [4.78, 5) is 19.5. The maximum Gasteiger partial charge on any atom is 0.335 e. The van der Waals surface area contributed by atoms with E-state index < -0.39 is 24.1 Å². The lowest BCUT2D eigenvalue weighted by atomic mass is 10.2. The summed E-state index contributed by atoms with van der Waals surface area (Å²) in [6, 6.07) is 0. The van der Waals surface area contributed by atoms with Gasteiger partial charge in [0.2, 0.25) is 0 Å². The van der Waals surface area contributed by atoms with Gasteiger partial charge < -0.3 is 30.6 Å². The Morgan fingerprint density at radius 3 is 1.06 bits per heavy atom. The number of carbonyl (C=O) groups is 2. The van der Waals surface area contributed by atoms with Crippen LogP contribution in [0.2, 0.25) is 0 Å². The number of aliphatic carboxylic acids is 2. The van der Waals surface area contributed by atoms with Crippen molar-refractivity contribution in [2.24, 2.45) is 0 Å². The summed E-state index contributed by atoms with van der Waals surface area (Å²) in [7, 11) is 0. The predicted octanol–water partition coefficient (Wildman–Crippen LogP) is -2.13. The van der Waals surface area contributed by atoms with E-state index in [0.717, 1.165) is 0 Å². The van der Waals surface area contributed by atoms with Crippen molar-refractivity contribution < 1.29 is 40.2 Å². The van der Waals surface area contributed by atoms with Crippen LogP contribution in [-0.2, 0) is 9.59 Å². The number of aliphatic hydroxyl groups is 4. The molecule has 0 fully saturated rings. The van der Waals surface area contributed by atoms with Crippen molar-refractivity contribution in [3.63, 3.8) is 0 Å². The molecule has 0 unspecified atom stereocenters. The lowest BCUT2D eigenvalue weighted by molar-refractivity contribution is -0.165. The Morgan fingerprint density at radius 2 is 1.00 bits per heavy atom. The first-order chi connectivity index (χ1) is 7.29. The van der Waals surface area contributed by atoms with Crippen molar-refractivity contribution in [2.75, 3.05) is 13.2 Å². The van der Waals surface area contributed by atoms with Crippen molar-refractivity contribution in [3.8, 4) is 0 Å². The lowest BCUT2D eigenvalue weighted by Gasteiger charge is -2.07. The van der Waals surface area contributed by atoms with Crippen molar-refractivity contribution in [1.82, 2.24) is 0 Å². The number of rotatable bonds is 3. The minimum atomic E-state index is -2.27. The van der Waals surface area contributed by atoms with Gasteiger partial charge in [-0.2, -0.15) is 0 Å². The summed E-state index contributed by atoms with van der Waals surface area (Å²) >= 11 is 0. The first kappa shape index (κ1) is 20.2. The van der Waals surface area contributed by atoms with Crippen LogP contribution in [0.3, 0.4) is 0 Å². The van der Waals surface area contributed by atoms with Gasteiger partial charge in [-0.1, -0.05) is 0 Å². The molecular formula is C8H18O8. The molecule has 0 aliphatic heterocycles. The van der Waals surface area contributed by atoms with E-state index in [1.54, 1.807) is 13.8 Å². The fourth-order valence-corrected chi connectivity index (χ4v) is 0.270. The quantitative estimate of drug-likeness (QED) is 0.328. The Bertz CT molecular complexity index is 161. The highest BCUT2D eigenvalue weighted by molar-refractivity contribution is 5.82. The van der Waals surface area contributed by atoms with Crippen molar-refractivity contribution in [2.45, 2.75) is 26.1 Å². The summed E-state index contributed by atoms with van der Waals surface area (Å²) in [5.41, 5.74) is 0. The average molecular weight is 242 g/mol. The third-order valence-corrected chi connectivity index (χ3v) is 0.805. The van der Waals surface area contributed by atoms with Gasteiger partial charge in [0.05, 0.1) is 0 Å². The van der Waals surface area contributed by atoms with Crippen LogP contribution in [0.15, 0.2) is 0 Å². The van der Waals surface area contributed by atoms with E-state index in [4.69, 9.17) is 30.6 Å². The van der Waals surface area contributed by atoms with Gasteiger partial charge in [0.1, 0.15) is 0 Å². The predicted molar refractivity (Wildman–Crippen MR) is 52.8 cm³/mol. The number of hydrogen-bond donors (Lipinski definition) is 6. The molecule has 0 aliphatic rings. The van der Waals surface area contributed by atoms with Gasteiger partial charge in [0.25, 0.3) is 0 Å². The second-order valence-corrected chi connectivity index (χ2v) is 2.20. The van der Waals surface area contributed by atoms with Crippen LogP contribution < -0.4 is 0 Å². The Morgan fingerprint density at radius 1 is 0.875 bits per heavy atom. The smallest absolute Gasteiger partial charge is 0.335 e. The minimum absolute atomic E-state index is 0.250. The Kier molecular flexibility index (Phi) is 17.4. The monoisotopic (exact) mass is 242 g/mol. The highest BCUT2D eigenvalue weighted by atomic mass is 16.4. The molecule has 98 valence electrons. The third kappa shape index (κ3) is 15.3. The summed E-state index contributed by atoms with van der Waals surface area (Å²) < 4.78 is 0. The second-order valence-electron chi connectivity index (χ2n) is 2.20. The molecule has 8 nitrogen and oxygen atoms in total. The topological polar surface area (TPSA) is 156 Å². The largest absolute Gasteiger partial charge is 0.479 e. The van der Waals surface area contributed by atoms with Crippen LogP contribution in [0.5, 0.6) is 0 Å². The molecule has 0 aromatic rings. The van der Waals surface area contributed by atoms with E-state index in [9.17, 15) is 9.59 Å². The number of hydrogen-bond acceptors (Lipinski definition) is 6. The maximum atomic E-state index is 9.77. The standard InChI is InChI=1S/C4H6O6.2C2H6O/c5-1(3(7)8)2(6)4(9)10;2*1-2-3/h1-2,5-6H,(H,7,8)(H,9,10);2*3H,2H2,1H3/t1-,2-;;/m0../s1. The van der Waals surface area contributed by atoms with Crippen LogP contribution >= 0.6 is 0 Å². The summed E-state index contributed by atoms with van der Waals surface area (Å²) in [5.74, 6) is -3.54. The van der Waals surface area contributed by atoms with Gasteiger partial charge in [-0.15, -0.1) is 0 Å². The molecule has 0 heterocycles. The molecule has 2 atom stereocenters. The summed E-state index contributed by atoms with van der Waals surface area (Å²) in [5, 5.41) is 47.7. The van der Waals surface area contributed by atoms with Gasteiger partial charge in [0.15, 0.2) is 12.2 Å². The zero-order chi connectivity index (χ0) is 13.7. The van der Waals surface area contributed by atoms with Crippen LogP contribution in [0.25, 0.3) is 0 Å². The molecule has 0 aromatic heterocycles. The second kappa shape index (κ2) is 13.8. The van der Waals surface area contributed by atoms with E-state index in [0.29, 0.717) is 0 Å². The first-order valence-electron chi connectivity index (χ1n) is 4.33. The molecule has 0 bridgehead atoms. The van der Waals surface area contributed by atoms with Crippen LogP contribution in [0.1, 0.15) is 13.8 Å². The van der Waals surface area contributed by atoms with Gasteiger partial charge in [0, 0.05) is 13.2 Å². The average Bonchev–Trinajstić information content (AvgIpc) is 2.17. The summed E-state index contributed by atoms with van der Waals surface area (Å²) in [6.07, 6.45) is -4.53. The Balaban J connectivity index is -0.000000235. The van der Waals surface area contributed by atoms with E-state index in [2.05, 4.69) is 0 Å². The summed E-state index contributed by atoms with van der Waals surface area (Å²) in [6.45, 7) is 3.86. The SMILES string of the molecule is CCO.CCO.O=C(O)[C@@H](O)[C@H](O)C(=O)O. The molecule has 0 aliphatic carbocycles. The first-order valence-corrected chi connectivity index (χ1v) is 4.33. The molecule has 0 amide bonds. The fraction of sp³-hybridized carbons (Fsp3) is 0.750. The van der Waals surface area contributed by atoms with Crippen LogP contribution in [0, 0.1) is 0 Å². The molecule has 0 saturated heterocycles. The van der Waals surface area contributed by atoms with E-state index in [1.807, 2.05) is 0 Å². The molecule has 0 rings (SSSR count). The number of aliphatic hydroxyl groups excluding tert-OH is 4. The Labute approximate surface area is 92.4 Å². The highest BCUT2D eigenvalue weighted by Crippen LogP contribution is 1.92. The molecule has 0 aromatic carbocycles. The van der Waals surface area contributed by atoms with Crippen LogP contribution in [0.4, 0.5) is 0 Å². The van der Waals surface area contributed by atoms with Crippen molar-refractivity contribution in [3.05, 3.63) is 0 Å². The molecule has 0 saturated carbocycles. The zero-order valence-electron chi connectivity index (χ0n) is 9.07. The molecule has 0 radical (unpaired) electrons. The Hall–Kier alpha value is -1.22. The van der Waals surface area contributed by atoms with E-state index in [-0.39, 0.29) is 13.2 Å². The lowest BCUT2D eigenvalue weighted by Crippen LogP contribution is -2.39. The highest BCUT2D eigenvalue weighted by Gasteiger charge is 2.29. The molecule has 16 heavy (non-hydrogen) atoms. The normalized spacial score (nSPS) is 12.1. The zero-order valence-corrected chi connectivity index (χ0v) is 9.07.